The maximum atomic E-state index is 13.7. The number of aryl methyl sites for hydroxylation is 2. The molecule has 1 aromatic heterocycles. The molecule has 3 amide bonds. The van der Waals surface area contributed by atoms with Gasteiger partial charge in [0.25, 0.3) is 0 Å². The molecule has 3 aromatic carbocycles. The number of aromatic nitrogens is 1. The number of anilines is 1. The van der Waals surface area contributed by atoms with Gasteiger partial charge in [-0.25, -0.2) is 4.79 Å². The van der Waals surface area contributed by atoms with Gasteiger partial charge >= 0.3 is 6.03 Å². The Balaban J connectivity index is 1.50. The fourth-order valence-electron chi connectivity index (χ4n) is 4.36. The number of ether oxygens (including phenoxy) is 1. The highest BCUT2D eigenvalue weighted by Crippen LogP contribution is 2.19. The topological polar surface area (TPSA) is 77.7 Å². The van der Waals surface area contributed by atoms with Crippen LogP contribution in [0.2, 0.25) is 0 Å². The Kier molecular flexibility index (Phi) is 9.16. The molecule has 198 valence electrons. The predicted octanol–water partition coefficient (Wildman–Crippen LogP) is 5.54. The van der Waals surface area contributed by atoms with Gasteiger partial charge in [0.2, 0.25) is 5.91 Å². The fraction of sp³-hybridized carbons (Fsp3) is 0.290. The molecule has 2 N–H and O–H groups in total. The number of rotatable bonds is 11. The third kappa shape index (κ3) is 7.23. The number of para-hydroxylation sites is 1. The van der Waals surface area contributed by atoms with Crippen LogP contribution in [-0.2, 0) is 22.5 Å². The summed E-state index contributed by atoms with van der Waals surface area (Å²) in [4.78, 5) is 33.5. The lowest BCUT2D eigenvalue weighted by atomic mass is 10.1. The molecule has 0 radical (unpaired) electrons. The van der Waals surface area contributed by atoms with Crippen molar-refractivity contribution in [1.82, 2.24) is 14.8 Å². The lowest BCUT2D eigenvalue weighted by molar-refractivity contribution is -0.132. The number of H-pyrrole nitrogens is 1. The van der Waals surface area contributed by atoms with Crippen LogP contribution in [0.4, 0.5) is 10.5 Å². The fourth-order valence-corrected chi connectivity index (χ4v) is 4.36. The highest BCUT2D eigenvalue weighted by molar-refractivity contribution is 5.92. The van der Waals surface area contributed by atoms with E-state index < -0.39 is 0 Å². The van der Waals surface area contributed by atoms with Gasteiger partial charge in [0.15, 0.2) is 0 Å². The number of hydrogen-bond acceptors (Lipinski definition) is 3. The largest absolute Gasteiger partial charge is 0.383 e. The molecule has 1 heterocycles. The van der Waals surface area contributed by atoms with E-state index in [1.807, 2.05) is 79.5 Å². The van der Waals surface area contributed by atoms with E-state index in [-0.39, 0.29) is 18.5 Å². The predicted molar refractivity (Wildman–Crippen MR) is 152 cm³/mol. The number of methoxy groups -OCH3 is 1. The molecule has 7 heteroatoms. The Labute approximate surface area is 224 Å². The first-order valence-electron chi connectivity index (χ1n) is 12.9. The van der Waals surface area contributed by atoms with Crippen LogP contribution in [-0.4, -0.2) is 60.1 Å². The Hall–Kier alpha value is -4.10. The van der Waals surface area contributed by atoms with Gasteiger partial charge in [-0.1, -0.05) is 65.7 Å². The van der Waals surface area contributed by atoms with E-state index in [2.05, 4.69) is 28.5 Å². The van der Waals surface area contributed by atoms with Crippen molar-refractivity contribution in [2.75, 3.05) is 38.7 Å². The maximum Gasteiger partial charge on any atom is 0.322 e. The number of nitrogens with one attached hydrogen (secondary N) is 2. The third-order valence-electron chi connectivity index (χ3n) is 6.65. The lowest BCUT2D eigenvalue weighted by Crippen LogP contribution is -2.46. The van der Waals surface area contributed by atoms with Crippen LogP contribution in [0.1, 0.15) is 22.3 Å². The second kappa shape index (κ2) is 12.9. The van der Waals surface area contributed by atoms with Crippen molar-refractivity contribution in [3.63, 3.8) is 0 Å². The van der Waals surface area contributed by atoms with Gasteiger partial charge in [0.1, 0.15) is 6.54 Å². The number of carbonyl (C=O) groups is 2. The average Bonchev–Trinajstić information content (AvgIpc) is 3.34. The Morgan fingerprint density at radius 1 is 0.868 bits per heavy atom. The number of amides is 3. The second-order valence-corrected chi connectivity index (χ2v) is 9.62. The molecule has 0 aliphatic rings. The SMILES string of the molecule is COCCN(CC(=O)N(CCc1c[nH]c2ccccc12)Cc1ccc(C)cc1)C(=O)Nc1ccc(C)cc1. The van der Waals surface area contributed by atoms with E-state index >= 15 is 0 Å². The van der Waals surface area contributed by atoms with E-state index in [1.165, 1.54) is 10.5 Å². The summed E-state index contributed by atoms with van der Waals surface area (Å²) in [5.41, 5.74) is 6.26. The lowest BCUT2D eigenvalue weighted by Gasteiger charge is -2.28. The van der Waals surface area contributed by atoms with Crippen molar-refractivity contribution in [2.45, 2.75) is 26.8 Å². The number of aromatic amines is 1. The molecule has 0 saturated heterocycles. The Bertz CT molecular complexity index is 1350. The summed E-state index contributed by atoms with van der Waals surface area (Å²) in [5.74, 6) is -0.111. The molecule has 0 spiro atoms. The van der Waals surface area contributed by atoms with Crippen LogP contribution in [0, 0.1) is 13.8 Å². The first-order valence-corrected chi connectivity index (χ1v) is 12.9. The molecular formula is C31H36N4O3. The zero-order chi connectivity index (χ0) is 26.9. The number of carbonyl (C=O) groups excluding carboxylic acids is 2. The quantitative estimate of drug-likeness (QED) is 0.277. The third-order valence-corrected chi connectivity index (χ3v) is 6.65. The Morgan fingerprint density at radius 2 is 1.55 bits per heavy atom. The monoisotopic (exact) mass is 512 g/mol. The summed E-state index contributed by atoms with van der Waals surface area (Å²) in [5, 5.41) is 4.07. The van der Waals surface area contributed by atoms with Gasteiger partial charge in [0, 0.05) is 49.5 Å². The maximum absolute atomic E-state index is 13.7. The van der Waals surface area contributed by atoms with Crippen LogP contribution >= 0.6 is 0 Å². The van der Waals surface area contributed by atoms with Crippen molar-refractivity contribution < 1.29 is 14.3 Å². The Morgan fingerprint density at radius 3 is 2.26 bits per heavy atom. The minimum Gasteiger partial charge on any atom is -0.383 e. The van der Waals surface area contributed by atoms with Crippen molar-refractivity contribution in [3.05, 3.63) is 101 Å². The van der Waals surface area contributed by atoms with Gasteiger partial charge in [-0.2, -0.15) is 0 Å². The molecule has 7 nitrogen and oxygen atoms in total. The summed E-state index contributed by atoms with van der Waals surface area (Å²) >= 11 is 0. The van der Waals surface area contributed by atoms with E-state index in [1.54, 1.807) is 7.11 Å². The summed E-state index contributed by atoms with van der Waals surface area (Å²) in [7, 11) is 1.59. The molecule has 0 aliphatic heterocycles. The summed E-state index contributed by atoms with van der Waals surface area (Å²) < 4.78 is 5.22. The van der Waals surface area contributed by atoms with Gasteiger partial charge in [-0.05, 0) is 49.6 Å². The van der Waals surface area contributed by atoms with Gasteiger partial charge in [-0.15, -0.1) is 0 Å². The van der Waals surface area contributed by atoms with Gasteiger partial charge in [-0.3, -0.25) is 4.79 Å². The number of urea groups is 1. The first kappa shape index (κ1) is 26.9. The number of nitrogens with zero attached hydrogens (tertiary/aromatic N) is 2. The average molecular weight is 513 g/mol. The second-order valence-electron chi connectivity index (χ2n) is 9.62. The van der Waals surface area contributed by atoms with Crippen molar-refractivity contribution in [1.29, 1.82) is 0 Å². The van der Waals surface area contributed by atoms with E-state index in [4.69, 9.17) is 4.74 Å². The molecule has 0 unspecified atom stereocenters. The van der Waals surface area contributed by atoms with Crippen molar-refractivity contribution >= 4 is 28.5 Å². The summed E-state index contributed by atoms with van der Waals surface area (Å²) in [6.45, 7) is 5.65. The highest BCUT2D eigenvalue weighted by atomic mass is 16.5. The minimum absolute atomic E-state index is 0.0409. The molecule has 0 atom stereocenters. The zero-order valence-electron chi connectivity index (χ0n) is 22.4. The molecule has 0 aliphatic carbocycles. The minimum atomic E-state index is -0.328. The highest BCUT2D eigenvalue weighted by Gasteiger charge is 2.22. The normalized spacial score (nSPS) is 10.9. The van der Waals surface area contributed by atoms with Crippen LogP contribution < -0.4 is 5.32 Å². The molecule has 0 fully saturated rings. The van der Waals surface area contributed by atoms with Crippen LogP contribution in [0.3, 0.4) is 0 Å². The molecule has 4 rings (SSSR count). The van der Waals surface area contributed by atoms with Crippen molar-refractivity contribution in [2.24, 2.45) is 0 Å². The van der Waals surface area contributed by atoms with Gasteiger partial charge < -0.3 is 24.8 Å². The number of hydrogen-bond donors (Lipinski definition) is 2. The van der Waals surface area contributed by atoms with Crippen LogP contribution in [0.25, 0.3) is 10.9 Å². The number of benzene rings is 3. The molecule has 4 aromatic rings. The smallest absolute Gasteiger partial charge is 0.322 e. The van der Waals surface area contributed by atoms with E-state index in [0.29, 0.717) is 38.3 Å². The first-order chi connectivity index (χ1) is 18.4. The van der Waals surface area contributed by atoms with E-state index in [9.17, 15) is 9.59 Å². The summed E-state index contributed by atoms with van der Waals surface area (Å²) in [6, 6.07) is 23.6. The van der Waals surface area contributed by atoms with Crippen molar-refractivity contribution in [3.8, 4) is 0 Å². The molecule has 38 heavy (non-hydrogen) atoms. The van der Waals surface area contributed by atoms with Crippen LogP contribution in [0.15, 0.2) is 79.0 Å². The molecule has 0 saturated carbocycles. The molecular weight excluding hydrogens is 476 g/mol. The van der Waals surface area contributed by atoms with E-state index in [0.717, 1.165) is 27.6 Å². The molecule has 0 bridgehead atoms. The zero-order valence-corrected chi connectivity index (χ0v) is 22.4. The van der Waals surface area contributed by atoms with Gasteiger partial charge in [0.05, 0.1) is 6.61 Å². The van der Waals surface area contributed by atoms with Crippen LogP contribution in [0.5, 0.6) is 0 Å². The number of fused-ring (bicyclic) bond motifs is 1. The summed E-state index contributed by atoms with van der Waals surface area (Å²) in [6.07, 6.45) is 2.72. The standard InChI is InChI=1S/C31H36N4O3/c1-23-8-12-25(13-9-23)21-34(17-16-26-20-32-29-7-5-4-6-28(26)29)30(36)22-35(18-19-38-3)31(37)33-27-14-10-24(2)11-15-27/h4-15,20,32H,16-19,21-22H2,1-3H3,(H,33,37).